The number of aromatic nitrogens is 1. The minimum absolute atomic E-state index is 0.316. The van der Waals surface area contributed by atoms with Gasteiger partial charge >= 0.3 is 0 Å². The minimum Gasteiger partial charge on any atom is -0.321 e. The molecule has 0 spiro atoms. The van der Waals surface area contributed by atoms with E-state index in [1.807, 2.05) is 22.6 Å². The molecule has 0 bridgehead atoms. The van der Waals surface area contributed by atoms with Gasteiger partial charge in [0, 0.05) is 15.3 Å². The SMILES string of the molecule is NNc1cc(C(=O)Nc2ccc(F)cc2I)ccn1. The second kappa shape index (κ2) is 5.93. The Bertz CT molecular complexity index is 620. The molecule has 19 heavy (non-hydrogen) atoms. The van der Waals surface area contributed by atoms with Crippen LogP contribution in [-0.2, 0) is 0 Å². The molecule has 0 saturated heterocycles. The Labute approximate surface area is 122 Å². The summed E-state index contributed by atoms with van der Waals surface area (Å²) < 4.78 is 13.6. The molecule has 0 radical (unpaired) electrons. The summed E-state index contributed by atoms with van der Waals surface area (Å²) in [6, 6.07) is 7.23. The van der Waals surface area contributed by atoms with Crippen molar-refractivity contribution in [2.24, 2.45) is 5.84 Å². The van der Waals surface area contributed by atoms with Gasteiger partial charge in [-0.15, -0.1) is 0 Å². The summed E-state index contributed by atoms with van der Waals surface area (Å²) in [5.74, 6) is 4.95. The third kappa shape index (κ3) is 3.38. The van der Waals surface area contributed by atoms with E-state index in [1.54, 1.807) is 6.07 Å². The maximum absolute atomic E-state index is 13.0. The molecule has 0 aliphatic carbocycles. The van der Waals surface area contributed by atoms with E-state index in [4.69, 9.17) is 5.84 Å². The zero-order valence-corrected chi connectivity index (χ0v) is 11.8. The lowest BCUT2D eigenvalue weighted by atomic mass is 10.2. The molecule has 1 heterocycles. The highest BCUT2D eigenvalue weighted by Gasteiger charge is 2.09. The molecule has 0 saturated carbocycles. The van der Waals surface area contributed by atoms with Gasteiger partial charge in [-0.3, -0.25) is 4.79 Å². The molecule has 1 aromatic heterocycles. The number of hydrazine groups is 1. The van der Waals surface area contributed by atoms with Gasteiger partial charge in [0.15, 0.2) is 0 Å². The number of pyridine rings is 1. The molecular weight excluding hydrogens is 362 g/mol. The van der Waals surface area contributed by atoms with E-state index < -0.39 is 0 Å². The molecule has 5 nitrogen and oxygen atoms in total. The number of carbonyl (C=O) groups excluding carboxylic acids is 1. The first-order valence-corrected chi connectivity index (χ1v) is 6.37. The maximum Gasteiger partial charge on any atom is 0.255 e. The average Bonchev–Trinajstić information content (AvgIpc) is 2.42. The van der Waals surface area contributed by atoms with Crippen LogP contribution in [0.2, 0.25) is 0 Å². The predicted molar refractivity (Wildman–Crippen MR) is 79.1 cm³/mol. The van der Waals surface area contributed by atoms with Crippen molar-refractivity contribution < 1.29 is 9.18 Å². The summed E-state index contributed by atoms with van der Waals surface area (Å²) in [4.78, 5) is 15.9. The molecule has 4 N–H and O–H groups in total. The lowest BCUT2D eigenvalue weighted by Gasteiger charge is -2.08. The van der Waals surface area contributed by atoms with E-state index in [-0.39, 0.29) is 11.7 Å². The number of benzene rings is 1. The molecule has 0 atom stereocenters. The Kier molecular flexibility index (Phi) is 4.27. The number of nitrogens with two attached hydrogens (primary N) is 1. The van der Waals surface area contributed by atoms with Crippen LogP contribution in [0, 0.1) is 9.39 Å². The number of nitrogens with zero attached hydrogens (tertiary/aromatic N) is 1. The fourth-order valence-electron chi connectivity index (χ4n) is 1.44. The molecule has 0 aliphatic rings. The monoisotopic (exact) mass is 372 g/mol. The van der Waals surface area contributed by atoms with Gasteiger partial charge in [-0.2, -0.15) is 0 Å². The lowest BCUT2D eigenvalue weighted by molar-refractivity contribution is 0.102. The molecule has 1 aromatic carbocycles. The molecule has 98 valence electrons. The average molecular weight is 372 g/mol. The number of nitrogens with one attached hydrogen (secondary N) is 2. The fraction of sp³-hybridized carbons (Fsp3) is 0. The third-order valence-corrected chi connectivity index (χ3v) is 3.24. The van der Waals surface area contributed by atoms with Gasteiger partial charge < -0.3 is 10.7 Å². The molecule has 0 fully saturated rings. The van der Waals surface area contributed by atoms with Gasteiger partial charge in [0.05, 0.1) is 5.69 Å². The number of rotatable bonds is 3. The Hall–Kier alpha value is -1.74. The van der Waals surface area contributed by atoms with Crippen LogP contribution < -0.4 is 16.6 Å². The number of nitrogen functional groups attached to an aromatic ring is 1. The van der Waals surface area contributed by atoms with Crippen molar-refractivity contribution in [1.29, 1.82) is 0 Å². The van der Waals surface area contributed by atoms with Crippen LogP contribution >= 0.6 is 22.6 Å². The van der Waals surface area contributed by atoms with E-state index >= 15 is 0 Å². The quantitative estimate of drug-likeness (QED) is 0.439. The first kappa shape index (κ1) is 13.7. The van der Waals surface area contributed by atoms with Gasteiger partial charge in [0.2, 0.25) is 0 Å². The zero-order chi connectivity index (χ0) is 13.8. The molecule has 2 aromatic rings. The van der Waals surface area contributed by atoms with Crippen LogP contribution in [-0.4, -0.2) is 10.9 Å². The first-order chi connectivity index (χ1) is 9.10. The highest BCUT2D eigenvalue weighted by atomic mass is 127. The van der Waals surface area contributed by atoms with E-state index in [0.29, 0.717) is 20.6 Å². The Morgan fingerprint density at radius 1 is 1.32 bits per heavy atom. The Morgan fingerprint density at radius 2 is 2.11 bits per heavy atom. The summed E-state index contributed by atoms with van der Waals surface area (Å²) in [5.41, 5.74) is 3.32. The van der Waals surface area contributed by atoms with Crippen LogP contribution in [0.5, 0.6) is 0 Å². The molecule has 1 amide bonds. The van der Waals surface area contributed by atoms with Crippen LogP contribution in [0.4, 0.5) is 15.9 Å². The fourth-order valence-corrected chi connectivity index (χ4v) is 2.05. The summed E-state index contributed by atoms with van der Waals surface area (Å²) in [6.07, 6.45) is 1.47. The molecular formula is C12H10FIN4O. The second-order valence-electron chi connectivity index (χ2n) is 3.65. The second-order valence-corrected chi connectivity index (χ2v) is 4.81. The van der Waals surface area contributed by atoms with Crippen molar-refractivity contribution in [2.75, 3.05) is 10.7 Å². The van der Waals surface area contributed by atoms with Gasteiger partial charge in [-0.1, -0.05) is 0 Å². The van der Waals surface area contributed by atoms with Crippen molar-refractivity contribution in [2.45, 2.75) is 0 Å². The van der Waals surface area contributed by atoms with Crippen LogP contribution in [0.3, 0.4) is 0 Å². The highest BCUT2D eigenvalue weighted by molar-refractivity contribution is 14.1. The third-order valence-electron chi connectivity index (χ3n) is 2.35. The summed E-state index contributed by atoms with van der Waals surface area (Å²) >= 11 is 1.95. The largest absolute Gasteiger partial charge is 0.321 e. The number of carbonyl (C=O) groups is 1. The molecule has 0 aliphatic heterocycles. The topological polar surface area (TPSA) is 80.0 Å². The number of hydrogen-bond donors (Lipinski definition) is 3. The molecule has 7 heteroatoms. The van der Waals surface area contributed by atoms with Crippen molar-refractivity contribution >= 4 is 40.0 Å². The lowest BCUT2D eigenvalue weighted by Crippen LogP contribution is -2.15. The van der Waals surface area contributed by atoms with Crippen LogP contribution in [0.25, 0.3) is 0 Å². The number of halogens is 2. The number of anilines is 2. The Balaban J connectivity index is 2.20. The van der Waals surface area contributed by atoms with E-state index in [9.17, 15) is 9.18 Å². The van der Waals surface area contributed by atoms with Crippen molar-refractivity contribution in [3.8, 4) is 0 Å². The van der Waals surface area contributed by atoms with Crippen molar-refractivity contribution in [3.05, 3.63) is 51.5 Å². The van der Waals surface area contributed by atoms with Crippen LogP contribution in [0.15, 0.2) is 36.5 Å². The van der Waals surface area contributed by atoms with Crippen LogP contribution in [0.1, 0.15) is 10.4 Å². The molecule has 0 unspecified atom stereocenters. The van der Waals surface area contributed by atoms with Gasteiger partial charge in [0.1, 0.15) is 11.6 Å². The van der Waals surface area contributed by atoms with Gasteiger partial charge in [-0.05, 0) is 52.9 Å². The number of hydrogen-bond acceptors (Lipinski definition) is 4. The normalized spacial score (nSPS) is 10.1. The first-order valence-electron chi connectivity index (χ1n) is 5.29. The highest BCUT2D eigenvalue weighted by Crippen LogP contribution is 2.20. The zero-order valence-electron chi connectivity index (χ0n) is 9.65. The summed E-state index contributed by atoms with van der Waals surface area (Å²) in [6.45, 7) is 0. The van der Waals surface area contributed by atoms with Crippen molar-refractivity contribution in [3.63, 3.8) is 0 Å². The van der Waals surface area contributed by atoms with E-state index in [1.165, 1.54) is 30.5 Å². The van der Waals surface area contributed by atoms with Gasteiger partial charge in [0.25, 0.3) is 5.91 Å². The maximum atomic E-state index is 13.0. The van der Waals surface area contributed by atoms with Crippen molar-refractivity contribution in [1.82, 2.24) is 4.98 Å². The minimum atomic E-state index is -0.346. The predicted octanol–water partition coefficient (Wildman–Crippen LogP) is 2.36. The molecule has 2 rings (SSSR count). The van der Waals surface area contributed by atoms with Gasteiger partial charge in [-0.25, -0.2) is 15.2 Å². The van der Waals surface area contributed by atoms with E-state index in [2.05, 4.69) is 15.7 Å². The standard InChI is InChI=1S/C12H10FIN4O/c13-8-1-2-10(9(14)6-8)17-12(19)7-3-4-16-11(5-7)18-15/h1-6H,15H2,(H,16,18)(H,17,19). The summed E-state index contributed by atoms with van der Waals surface area (Å²) in [7, 11) is 0. The van der Waals surface area contributed by atoms with E-state index in [0.717, 1.165) is 0 Å². The Morgan fingerprint density at radius 3 is 2.79 bits per heavy atom. The number of amides is 1. The smallest absolute Gasteiger partial charge is 0.255 e. The summed E-state index contributed by atoms with van der Waals surface area (Å²) in [5, 5.41) is 2.70.